The van der Waals surface area contributed by atoms with Crippen molar-refractivity contribution in [3.05, 3.63) is 23.6 Å². The van der Waals surface area contributed by atoms with E-state index in [2.05, 4.69) is 10.1 Å². The standard InChI is InChI=1S/C14H14N2O5/c1-19-11-6-8(9(5-10(11)17)14(18)20-2)12-15-13(21-16-12)7-3-4-7/h5-7,17H,3-4H2,1-2H3. The topological polar surface area (TPSA) is 94.7 Å². The minimum absolute atomic E-state index is 0.152. The average Bonchev–Trinajstić information content (AvgIpc) is 3.24. The van der Waals surface area contributed by atoms with Gasteiger partial charge in [-0.3, -0.25) is 0 Å². The maximum atomic E-state index is 11.9. The molecule has 0 radical (unpaired) electrons. The molecule has 0 atom stereocenters. The molecule has 1 aromatic carbocycles. The third-order valence-electron chi connectivity index (χ3n) is 3.33. The highest BCUT2D eigenvalue weighted by Gasteiger charge is 2.30. The Morgan fingerprint density at radius 1 is 1.38 bits per heavy atom. The molecule has 2 aromatic rings. The van der Waals surface area contributed by atoms with Gasteiger partial charge in [-0.1, -0.05) is 5.16 Å². The Morgan fingerprint density at radius 3 is 2.76 bits per heavy atom. The number of hydrogen-bond donors (Lipinski definition) is 1. The summed E-state index contributed by atoms with van der Waals surface area (Å²) in [4.78, 5) is 16.2. The number of methoxy groups -OCH3 is 2. The summed E-state index contributed by atoms with van der Waals surface area (Å²) in [7, 11) is 2.68. The van der Waals surface area contributed by atoms with E-state index in [0.29, 0.717) is 17.4 Å². The van der Waals surface area contributed by atoms with Gasteiger partial charge in [-0.05, 0) is 25.0 Å². The van der Waals surface area contributed by atoms with E-state index < -0.39 is 5.97 Å². The lowest BCUT2D eigenvalue weighted by atomic mass is 10.1. The first kappa shape index (κ1) is 13.4. The number of esters is 1. The van der Waals surface area contributed by atoms with Gasteiger partial charge in [0.05, 0.1) is 19.8 Å². The highest BCUT2D eigenvalue weighted by atomic mass is 16.5. The molecule has 1 aromatic heterocycles. The monoisotopic (exact) mass is 290 g/mol. The van der Waals surface area contributed by atoms with Crippen molar-refractivity contribution < 1.29 is 23.9 Å². The van der Waals surface area contributed by atoms with E-state index >= 15 is 0 Å². The second-order valence-corrected chi connectivity index (χ2v) is 4.79. The third-order valence-corrected chi connectivity index (χ3v) is 3.33. The van der Waals surface area contributed by atoms with Crippen molar-refractivity contribution in [3.63, 3.8) is 0 Å². The lowest BCUT2D eigenvalue weighted by molar-refractivity contribution is 0.0601. The molecule has 1 aliphatic carbocycles. The Hall–Kier alpha value is -2.57. The molecule has 0 aliphatic heterocycles. The molecule has 0 saturated heterocycles. The molecule has 110 valence electrons. The molecule has 7 heteroatoms. The fourth-order valence-electron chi connectivity index (χ4n) is 2.04. The van der Waals surface area contributed by atoms with E-state index in [1.54, 1.807) is 0 Å². The van der Waals surface area contributed by atoms with E-state index in [-0.39, 0.29) is 22.9 Å². The Kier molecular flexibility index (Phi) is 3.25. The first-order chi connectivity index (χ1) is 10.1. The number of carbonyl (C=O) groups is 1. The van der Waals surface area contributed by atoms with E-state index in [4.69, 9.17) is 14.0 Å². The summed E-state index contributed by atoms with van der Waals surface area (Å²) >= 11 is 0. The number of carbonyl (C=O) groups excluding carboxylic acids is 1. The first-order valence-corrected chi connectivity index (χ1v) is 6.47. The van der Waals surface area contributed by atoms with E-state index in [9.17, 15) is 9.90 Å². The second-order valence-electron chi connectivity index (χ2n) is 4.79. The number of benzene rings is 1. The number of nitrogens with zero attached hydrogens (tertiary/aromatic N) is 2. The molecular weight excluding hydrogens is 276 g/mol. The van der Waals surface area contributed by atoms with E-state index in [1.807, 2.05) is 0 Å². The number of phenols is 1. The Bertz CT molecular complexity index is 691. The van der Waals surface area contributed by atoms with Gasteiger partial charge in [-0.25, -0.2) is 4.79 Å². The maximum Gasteiger partial charge on any atom is 0.338 e. The summed E-state index contributed by atoms with van der Waals surface area (Å²) in [6.45, 7) is 0. The zero-order valence-corrected chi connectivity index (χ0v) is 11.6. The van der Waals surface area contributed by atoms with Gasteiger partial charge in [-0.2, -0.15) is 4.98 Å². The zero-order chi connectivity index (χ0) is 15.0. The van der Waals surface area contributed by atoms with Crippen molar-refractivity contribution in [2.45, 2.75) is 18.8 Å². The van der Waals surface area contributed by atoms with Gasteiger partial charge in [0.1, 0.15) is 0 Å². The predicted octanol–water partition coefficient (Wildman–Crippen LogP) is 2.11. The van der Waals surface area contributed by atoms with Gasteiger partial charge in [0.15, 0.2) is 11.5 Å². The molecule has 3 rings (SSSR count). The van der Waals surface area contributed by atoms with Gasteiger partial charge in [0.2, 0.25) is 11.7 Å². The number of aromatic nitrogens is 2. The van der Waals surface area contributed by atoms with Crippen LogP contribution in [0.4, 0.5) is 0 Å². The van der Waals surface area contributed by atoms with Crippen LogP contribution in [0.1, 0.15) is 35.0 Å². The summed E-state index contributed by atoms with van der Waals surface area (Å²) < 4.78 is 15.0. The molecule has 1 aliphatic rings. The van der Waals surface area contributed by atoms with Crippen LogP contribution in [0.2, 0.25) is 0 Å². The van der Waals surface area contributed by atoms with Crippen LogP contribution in [-0.4, -0.2) is 35.4 Å². The van der Waals surface area contributed by atoms with Crippen LogP contribution in [0.15, 0.2) is 16.7 Å². The summed E-state index contributed by atoms with van der Waals surface area (Å²) in [6, 6.07) is 2.76. The van der Waals surface area contributed by atoms with Crippen LogP contribution in [0.3, 0.4) is 0 Å². The molecule has 0 amide bonds. The van der Waals surface area contributed by atoms with Gasteiger partial charge < -0.3 is 19.1 Å². The molecular formula is C14H14N2O5. The zero-order valence-electron chi connectivity index (χ0n) is 11.6. The largest absolute Gasteiger partial charge is 0.504 e. The Balaban J connectivity index is 2.10. The number of phenolic OH excluding ortho intramolecular Hbond substituents is 1. The summed E-state index contributed by atoms with van der Waals surface area (Å²) in [6.07, 6.45) is 2.06. The SMILES string of the molecule is COC(=O)c1cc(O)c(OC)cc1-c1noc(C2CC2)n1. The summed E-state index contributed by atoms with van der Waals surface area (Å²) in [5.74, 6) is 0.610. The molecule has 7 nitrogen and oxygen atoms in total. The molecule has 1 N–H and O–H groups in total. The number of aromatic hydroxyl groups is 1. The molecule has 0 bridgehead atoms. The number of hydrogen-bond acceptors (Lipinski definition) is 7. The van der Waals surface area contributed by atoms with Crippen LogP contribution in [-0.2, 0) is 4.74 Å². The van der Waals surface area contributed by atoms with E-state index in [0.717, 1.165) is 12.8 Å². The quantitative estimate of drug-likeness (QED) is 0.861. The molecule has 21 heavy (non-hydrogen) atoms. The van der Waals surface area contributed by atoms with Crippen LogP contribution < -0.4 is 4.74 Å². The highest BCUT2D eigenvalue weighted by molar-refractivity contribution is 5.97. The van der Waals surface area contributed by atoms with Crippen LogP contribution in [0.25, 0.3) is 11.4 Å². The lowest BCUT2D eigenvalue weighted by Crippen LogP contribution is -2.04. The maximum absolute atomic E-state index is 11.9. The molecule has 0 spiro atoms. The Morgan fingerprint density at radius 2 is 2.14 bits per heavy atom. The van der Waals surface area contributed by atoms with Crippen molar-refractivity contribution >= 4 is 5.97 Å². The number of ether oxygens (including phenoxy) is 2. The third kappa shape index (κ3) is 2.42. The first-order valence-electron chi connectivity index (χ1n) is 6.47. The van der Waals surface area contributed by atoms with E-state index in [1.165, 1.54) is 26.4 Å². The average molecular weight is 290 g/mol. The molecule has 1 saturated carbocycles. The molecule has 1 fully saturated rings. The van der Waals surface area contributed by atoms with Crippen LogP contribution in [0.5, 0.6) is 11.5 Å². The predicted molar refractivity (Wildman–Crippen MR) is 71.3 cm³/mol. The van der Waals surface area contributed by atoms with Crippen LogP contribution >= 0.6 is 0 Å². The highest BCUT2D eigenvalue weighted by Crippen LogP contribution is 2.40. The fourth-order valence-corrected chi connectivity index (χ4v) is 2.04. The summed E-state index contributed by atoms with van der Waals surface area (Å²) in [5.41, 5.74) is 0.547. The minimum Gasteiger partial charge on any atom is -0.504 e. The smallest absolute Gasteiger partial charge is 0.338 e. The lowest BCUT2D eigenvalue weighted by Gasteiger charge is -2.09. The van der Waals surface area contributed by atoms with Crippen molar-refractivity contribution in [2.24, 2.45) is 0 Å². The fraction of sp³-hybridized carbons (Fsp3) is 0.357. The molecule has 0 unspecified atom stereocenters. The number of rotatable bonds is 4. The van der Waals surface area contributed by atoms with Gasteiger partial charge in [0, 0.05) is 11.5 Å². The van der Waals surface area contributed by atoms with Crippen molar-refractivity contribution in [2.75, 3.05) is 14.2 Å². The summed E-state index contributed by atoms with van der Waals surface area (Å²) in [5, 5.41) is 13.7. The second kappa shape index (κ2) is 5.08. The van der Waals surface area contributed by atoms with Gasteiger partial charge in [-0.15, -0.1) is 0 Å². The van der Waals surface area contributed by atoms with Gasteiger partial charge >= 0.3 is 5.97 Å². The van der Waals surface area contributed by atoms with Gasteiger partial charge in [0.25, 0.3) is 0 Å². The Labute approximate surface area is 120 Å². The van der Waals surface area contributed by atoms with Crippen molar-refractivity contribution in [1.82, 2.24) is 10.1 Å². The minimum atomic E-state index is -0.597. The van der Waals surface area contributed by atoms with Crippen molar-refractivity contribution in [1.29, 1.82) is 0 Å². The normalized spacial score (nSPS) is 14.0. The molecule has 1 heterocycles. The van der Waals surface area contributed by atoms with Crippen LogP contribution in [0, 0.1) is 0 Å². The van der Waals surface area contributed by atoms with Crippen molar-refractivity contribution in [3.8, 4) is 22.9 Å².